The molecule has 208 valence electrons. The zero-order chi connectivity index (χ0) is 27.9. The molecule has 4 rings (SSSR count). The summed E-state index contributed by atoms with van der Waals surface area (Å²) in [5, 5.41) is 3.05. The van der Waals surface area contributed by atoms with E-state index in [0.29, 0.717) is 35.4 Å². The molecule has 1 atom stereocenters. The number of nitrogens with zero attached hydrogens (tertiary/aromatic N) is 3. The van der Waals surface area contributed by atoms with Gasteiger partial charge in [-0.25, -0.2) is 0 Å². The lowest BCUT2D eigenvalue weighted by molar-refractivity contribution is 0.0943. The third-order valence-corrected chi connectivity index (χ3v) is 7.96. The molecule has 8 heteroatoms. The Balaban J connectivity index is 1.34. The summed E-state index contributed by atoms with van der Waals surface area (Å²) in [4.78, 5) is 36.5. The number of H-pyrrole nitrogens is 1. The van der Waals surface area contributed by atoms with Gasteiger partial charge in [0.2, 0.25) is 5.56 Å². The van der Waals surface area contributed by atoms with Crippen molar-refractivity contribution < 1.29 is 9.53 Å². The number of hydrogen-bond donors (Lipinski definition) is 2. The minimum Gasteiger partial charge on any atom is -0.497 e. The Morgan fingerprint density at radius 3 is 2.51 bits per heavy atom. The van der Waals surface area contributed by atoms with Crippen LogP contribution < -0.4 is 20.5 Å². The van der Waals surface area contributed by atoms with E-state index in [9.17, 15) is 9.59 Å². The lowest BCUT2D eigenvalue weighted by Gasteiger charge is -2.42. The van der Waals surface area contributed by atoms with Crippen LogP contribution in [0.5, 0.6) is 5.75 Å². The number of nitrogens with one attached hydrogen (secondary N) is 2. The van der Waals surface area contributed by atoms with E-state index in [1.54, 1.807) is 21.0 Å². The molecule has 1 fully saturated rings. The minimum absolute atomic E-state index is 0.131. The molecule has 3 aromatic rings. The maximum absolute atomic E-state index is 12.8. The second-order valence-electron chi connectivity index (χ2n) is 10.6. The predicted octanol–water partition coefficient (Wildman–Crippen LogP) is 4.38. The van der Waals surface area contributed by atoms with Crippen molar-refractivity contribution in [2.75, 3.05) is 31.6 Å². The van der Waals surface area contributed by atoms with Crippen LogP contribution in [-0.4, -0.2) is 59.6 Å². The number of methoxy groups -OCH3 is 1. The molecule has 3 heterocycles. The number of rotatable bonds is 10. The first-order valence-electron chi connectivity index (χ1n) is 13.8. The second-order valence-corrected chi connectivity index (χ2v) is 10.6. The Morgan fingerprint density at radius 1 is 1.15 bits per heavy atom. The number of aromatic nitrogens is 2. The Hall–Kier alpha value is -3.65. The van der Waals surface area contributed by atoms with Crippen molar-refractivity contribution in [2.24, 2.45) is 0 Å². The van der Waals surface area contributed by atoms with E-state index in [-0.39, 0.29) is 11.5 Å². The van der Waals surface area contributed by atoms with Gasteiger partial charge in [-0.2, -0.15) is 0 Å². The Bertz CT molecular complexity index is 1290. The smallest absolute Gasteiger partial charge is 0.253 e. The first-order valence-corrected chi connectivity index (χ1v) is 13.8. The number of hydrogen-bond acceptors (Lipinski definition) is 6. The quantitative estimate of drug-likeness (QED) is 0.404. The van der Waals surface area contributed by atoms with Gasteiger partial charge in [0.05, 0.1) is 12.7 Å². The molecule has 1 amide bonds. The maximum atomic E-state index is 12.8. The van der Waals surface area contributed by atoms with Crippen LogP contribution in [0.15, 0.2) is 53.6 Å². The summed E-state index contributed by atoms with van der Waals surface area (Å²) in [6.07, 6.45) is 6.83. The molecule has 0 saturated carbocycles. The van der Waals surface area contributed by atoms with Crippen LogP contribution in [0.1, 0.15) is 58.9 Å². The van der Waals surface area contributed by atoms with Gasteiger partial charge in [-0.1, -0.05) is 0 Å². The molecule has 1 saturated heterocycles. The number of ether oxygens (including phenoxy) is 1. The molecule has 1 aliphatic heterocycles. The normalized spacial score (nSPS) is 15.1. The number of carbonyl (C=O) groups is 1. The lowest BCUT2D eigenvalue weighted by Crippen LogP contribution is -2.48. The van der Waals surface area contributed by atoms with Crippen LogP contribution in [0.3, 0.4) is 0 Å². The number of anilines is 1. The average molecular weight is 532 g/mol. The molecule has 0 spiro atoms. The Kier molecular flexibility index (Phi) is 9.41. The van der Waals surface area contributed by atoms with Crippen LogP contribution in [0.2, 0.25) is 0 Å². The number of likely N-dealkylation sites (tertiary alicyclic amines) is 1. The van der Waals surface area contributed by atoms with Gasteiger partial charge in [-0.05, 0) is 94.0 Å². The number of carbonyl (C=O) groups excluding carboxylic acids is 1. The van der Waals surface area contributed by atoms with Gasteiger partial charge in [0.15, 0.2) is 0 Å². The number of amides is 1. The summed E-state index contributed by atoms with van der Waals surface area (Å²) in [5.41, 5.74) is 5.38. The van der Waals surface area contributed by atoms with Crippen molar-refractivity contribution in [2.45, 2.75) is 65.6 Å². The highest BCUT2D eigenvalue weighted by atomic mass is 16.5. The van der Waals surface area contributed by atoms with E-state index in [1.165, 1.54) is 22.9 Å². The summed E-state index contributed by atoms with van der Waals surface area (Å²) >= 11 is 0. The second kappa shape index (κ2) is 12.9. The van der Waals surface area contributed by atoms with Gasteiger partial charge in [-0.3, -0.25) is 14.6 Å². The summed E-state index contributed by atoms with van der Waals surface area (Å²) in [7, 11) is 1.69. The van der Waals surface area contributed by atoms with Gasteiger partial charge in [-0.15, -0.1) is 0 Å². The van der Waals surface area contributed by atoms with Crippen LogP contribution in [0.4, 0.5) is 5.69 Å². The van der Waals surface area contributed by atoms with Gasteiger partial charge in [0, 0.05) is 68.1 Å². The number of benzene rings is 1. The van der Waals surface area contributed by atoms with Crippen molar-refractivity contribution in [1.29, 1.82) is 0 Å². The van der Waals surface area contributed by atoms with Crippen LogP contribution in [-0.2, 0) is 6.54 Å². The Morgan fingerprint density at radius 2 is 1.87 bits per heavy atom. The van der Waals surface area contributed by atoms with E-state index >= 15 is 0 Å². The summed E-state index contributed by atoms with van der Waals surface area (Å²) < 4.78 is 5.39. The number of aryl methyl sites for hydroxylation is 3. The van der Waals surface area contributed by atoms with Gasteiger partial charge in [0.1, 0.15) is 5.75 Å². The van der Waals surface area contributed by atoms with Crippen molar-refractivity contribution in [1.82, 2.24) is 20.2 Å². The predicted molar refractivity (Wildman–Crippen MR) is 156 cm³/mol. The first kappa shape index (κ1) is 28.4. The van der Waals surface area contributed by atoms with E-state index < -0.39 is 0 Å². The molecule has 1 aliphatic rings. The zero-order valence-corrected chi connectivity index (χ0v) is 23.8. The fourth-order valence-corrected chi connectivity index (χ4v) is 5.55. The molecule has 8 nitrogen and oxygen atoms in total. The molecular formula is C31H41N5O3. The summed E-state index contributed by atoms with van der Waals surface area (Å²) in [6, 6.07) is 12.7. The fourth-order valence-electron chi connectivity index (χ4n) is 5.55. The Labute approximate surface area is 231 Å². The molecule has 1 unspecified atom stereocenters. The van der Waals surface area contributed by atoms with Crippen molar-refractivity contribution >= 4 is 11.6 Å². The molecule has 2 N–H and O–H groups in total. The largest absolute Gasteiger partial charge is 0.497 e. The number of aromatic amines is 1. The van der Waals surface area contributed by atoms with Crippen LogP contribution >= 0.6 is 0 Å². The lowest BCUT2D eigenvalue weighted by atomic mass is 9.99. The molecule has 0 bridgehead atoms. The highest BCUT2D eigenvalue weighted by Crippen LogP contribution is 2.29. The topological polar surface area (TPSA) is 90.6 Å². The van der Waals surface area contributed by atoms with E-state index in [4.69, 9.17) is 4.74 Å². The van der Waals surface area contributed by atoms with Crippen molar-refractivity contribution in [3.63, 3.8) is 0 Å². The highest BCUT2D eigenvalue weighted by molar-refractivity contribution is 5.96. The first-order chi connectivity index (χ1) is 18.8. The number of pyridine rings is 2. The highest BCUT2D eigenvalue weighted by Gasteiger charge is 2.27. The molecule has 0 aliphatic carbocycles. The van der Waals surface area contributed by atoms with Gasteiger partial charge < -0.3 is 24.8 Å². The van der Waals surface area contributed by atoms with Gasteiger partial charge in [0.25, 0.3) is 5.91 Å². The van der Waals surface area contributed by atoms with Gasteiger partial charge >= 0.3 is 0 Å². The fraction of sp³-hybridized carbons (Fsp3) is 0.452. The van der Waals surface area contributed by atoms with Crippen LogP contribution in [0.25, 0.3) is 0 Å². The average Bonchev–Trinajstić information content (AvgIpc) is 2.92. The molecule has 2 aromatic heterocycles. The minimum atomic E-state index is -0.181. The van der Waals surface area contributed by atoms with E-state index in [1.807, 2.05) is 24.5 Å². The van der Waals surface area contributed by atoms with E-state index in [2.05, 4.69) is 57.1 Å². The number of piperidine rings is 1. The monoisotopic (exact) mass is 531 g/mol. The third-order valence-electron chi connectivity index (χ3n) is 7.96. The molecular weight excluding hydrogens is 490 g/mol. The van der Waals surface area contributed by atoms with Crippen molar-refractivity contribution in [3.05, 3.63) is 87.1 Å². The summed E-state index contributed by atoms with van der Waals surface area (Å²) in [6.45, 7) is 11.4. The third kappa shape index (κ3) is 7.06. The molecule has 1 aromatic carbocycles. The van der Waals surface area contributed by atoms with Crippen molar-refractivity contribution in [3.8, 4) is 5.75 Å². The SMILES string of the molecule is COc1ccc(N(Cc2cnccc2C)C2CCN(C(C)CCNC(=O)c3c(C)cc(=O)[nH]c3C)CC2)cc1. The molecule has 39 heavy (non-hydrogen) atoms. The summed E-state index contributed by atoms with van der Waals surface area (Å²) in [5.74, 6) is 0.728. The standard InChI is InChI=1S/C31H41N5O3/c1-21-10-14-32-19-25(21)20-36(26-6-8-28(39-5)9-7-26)27-12-16-35(17-13-27)23(3)11-15-33-31(38)30-22(2)18-29(37)34-24(30)4/h6-10,14,18-19,23,27H,11-13,15-17,20H2,1-5H3,(H,33,38)(H,34,37). The molecule has 0 radical (unpaired) electrons. The van der Waals surface area contributed by atoms with Crippen LogP contribution in [0, 0.1) is 20.8 Å². The van der Waals surface area contributed by atoms with E-state index in [0.717, 1.165) is 44.6 Å². The maximum Gasteiger partial charge on any atom is 0.253 e. The zero-order valence-electron chi connectivity index (χ0n) is 23.8.